The molecule has 3 heteroatoms. The maximum atomic E-state index is 13.3. The van der Waals surface area contributed by atoms with Gasteiger partial charge in [0, 0.05) is 11.8 Å². The summed E-state index contributed by atoms with van der Waals surface area (Å²) in [6.45, 7) is 7.20. The minimum Gasteiger partial charge on any atom is -0.309 e. The largest absolute Gasteiger partial charge is 0.309 e. The Balaban J connectivity index is 2.70. The Hall–Kier alpha value is -0.540. The molecule has 1 rings (SSSR count). The fourth-order valence-electron chi connectivity index (χ4n) is 1.82. The van der Waals surface area contributed by atoms with E-state index in [0.717, 1.165) is 24.3 Å². The number of aryl methyl sites for hydroxylation is 1. The molecule has 0 radical (unpaired) electrons. The van der Waals surface area contributed by atoms with E-state index in [4.69, 9.17) is 0 Å². The lowest BCUT2D eigenvalue weighted by molar-refractivity contribution is 0.572. The third kappa shape index (κ3) is 4.99. The van der Waals surface area contributed by atoms with E-state index in [1.54, 1.807) is 6.07 Å². The van der Waals surface area contributed by atoms with Gasteiger partial charge in [0.15, 0.2) is 0 Å². The molecule has 1 aromatic rings. The molecule has 0 saturated heterocycles. The van der Waals surface area contributed by atoms with Gasteiger partial charge in [0.25, 0.3) is 0 Å². The van der Waals surface area contributed by atoms with Gasteiger partial charge in [-0.2, -0.15) is 11.8 Å². The number of hydrogen-bond acceptors (Lipinski definition) is 2. The molecule has 0 amide bonds. The summed E-state index contributed by atoms with van der Waals surface area (Å²) in [5.74, 6) is 2.12. The van der Waals surface area contributed by atoms with Crippen LogP contribution in [0.3, 0.4) is 0 Å². The van der Waals surface area contributed by atoms with E-state index in [2.05, 4.69) is 19.2 Å². The van der Waals surface area contributed by atoms with E-state index in [0.29, 0.717) is 6.04 Å². The molecule has 18 heavy (non-hydrogen) atoms. The van der Waals surface area contributed by atoms with Gasteiger partial charge >= 0.3 is 0 Å². The van der Waals surface area contributed by atoms with Crippen molar-refractivity contribution in [1.29, 1.82) is 0 Å². The number of benzene rings is 1. The summed E-state index contributed by atoms with van der Waals surface area (Å²) in [4.78, 5) is 0. The van der Waals surface area contributed by atoms with Gasteiger partial charge in [-0.05, 0) is 49.3 Å². The molecule has 0 aliphatic rings. The lowest BCUT2D eigenvalue weighted by Crippen LogP contribution is -2.24. The Labute approximate surface area is 115 Å². The molecule has 1 nitrogen and oxygen atoms in total. The van der Waals surface area contributed by atoms with E-state index in [-0.39, 0.29) is 5.82 Å². The molecule has 0 aromatic heterocycles. The van der Waals surface area contributed by atoms with Crippen LogP contribution in [0.25, 0.3) is 0 Å². The summed E-state index contributed by atoms with van der Waals surface area (Å²) in [5, 5.41) is 3.55. The van der Waals surface area contributed by atoms with Crippen molar-refractivity contribution in [3.63, 3.8) is 0 Å². The van der Waals surface area contributed by atoms with Crippen LogP contribution >= 0.6 is 11.8 Å². The average molecular weight is 269 g/mol. The van der Waals surface area contributed by atoms with E-state index >= 15 is 0 Å². The second-order valence-corrected chi connectivity index (χ2v) is 5.74. The minimum absolute atomic E-state index is 0.116. The van der Waals surface area contributed by atoms with Gasteiger partial charge in [-0.25, -0.2) is 4.39 Å². The quantitative estimate of drug-likeness (QED) is 0.705. The predicted molar refractivity (Wildman–Crippen MR) is 79.8 cm³/mol. The van der Waals surface area contributed by atoms with Crippen molar-refractivity contribution in [2.24, 2.45) is 0 Å². The maximum Gasteiger partial charge on any atom is 0.126 e. The highest BCUT2D eigenvalue weighted by atomic mass is 32.2. The van der Waals surface area contributed by atoms with Crippen molar-refractivity contribution in [2.75, 3.05) is 18.1 Å². The highest BCUT2D eigenvalue weighted by Gasteiger charge is 2.11. The van der Waals surface area contributed by atoms with Crippen LogP contribution in [0.4, 0.5) is 4.39 Å². The number of halogens is 1. The second-order valence-electron chi connectivity index (χ2n) is 4.59. The number of rotatable bonds is 8. The van der Waals surface area contributed by atoms with Crippen molar-refractivity contribution in [2.45, 2.75) is 39.7 Å². The Morgan fingerprint density at radius 3 is 2.67 bits per heavy atom. The number of nitrogens with one attached hydrogen (secondary N) is 1. The van der Waals surface area contributed by atoms with Gasteiger partial charge < -0.3 is 5.32 Å². The zero-order valence-corrected chi connectivity index (χ0v) is 12.4. The molecule has 0 saturated carbocycles. The Bertz CT molecular complexity index is 354. The molecule has 1 atom stereocenters. The van der Waals surface area contributed by atoms with Crippen molar-refractivity contribution in [3.05, 3.63) is 35.1 Å². The monoisotopic (exact) mass is 269 g/mol. The van der Waals surface area contributed by atoms with Crippen molar-refractivity contribution < 1.29 is 4.39 Å². The van der Waals surface area contributed by atoms with Crippen LogP contribution in [0.15, 0.2) is 18.2 Å². The first-order chi connectivity index (χ1) is 8.69. The first kappa shape index (κ1) is 15.5. The summed E-state index contributed by atoms with van der Waals surface area (Å²) < 4.78 is 13.3. The maximum absolute atomic E-state index is 13.3. The van der Waals surface area contributed by atoms with Crippen molar-refractivity contribution in [3.8, 4) is 0 Å². The molecule has 1 unspecified atom stereocenters. The molecule has 1 N–H and O–H groups in total. The molecule has 1 aromatic carbocycles. The molecule has 0 aliphatic heterocycles. The van der Waals surface area contributed by atoms with Crippen LogP contribution in [-0.4, -0.2) is 18.1 Å². The fraction of sp³-hybridized carbons (Fsp3) is 0.600. The summed E-state index contributed by atoms with van der Waals surface area (Å²) in [5.41, 5.74) is 1.93. The standard InChI is InChI=1S/C15H24FNS/c1-4-8-17-15(11-18-9-5-2)13-6-7-14(16)12(3)10-13/h6-7,10,15,17H,4-5,8-9,11H2,1-3H3. The van der Waals surface area contributed by atoms with Gasteiger partial charge in [0.2, 0.25) is 0 Å². The van der Waals surface area contributed by atoms with Gasteiger partial charge in [-0.15, -0.1) is 0 Å². The number of thioether (sulfide) groups is 1. The fourth-order valence-corrected chi connectivity index (χ4v) is 2.82. The minimum atomic E-state index is -0.116. The highest BCUT2D eigenvalue weighted by Crippen LogP contribution is 2.21. The summed E-state index contributed by atoms with van der Waals surface area (Å²) in [6, 6.07) is 5.79. The zero-order valence-electron chi connectivity index (χ0n) is 11.6. The van der Waals surface area contributed by atoms with Crippen molar-refractivity contribution >= 4 is 11.8 Å². The van der Waals surface area contributed by atoms with Crippen LogP contribution in [0, 0.1) is 12.7 Å². The van der Waals surface area contributed by atoms with Gasteiger partial charge in [0.1, 0.15) is 5.82 Å². The summed E-state index contributed by atoms with van der Waals surface area (Å²) in [7, 11) is 0. The lowest BCUT2D eigenvalue weighted by atomic mass is 10.1. The van der Waals surface area contributed by atoms with E-state index in [1.165, 1.54) is 17.7 Å². The van der Waals surface area contributed by atoms with Crippen LogP contribution in [0.5, 0.6) is 0 Å². The second kappa shape index (κ2) is 8.54. The average Bonchev–Trinajstić information content (AvgIpc) is 2.37. The summed E-state index contributed by atoms with van der Waals surface area (Å²) in [6.07, 6.45) is 2.32. The molecular formula is C15H24FNS. The van der Waals surface area contributed by atoms with E-state index in [9.17, 15) is 4.39 Å². The first-order valence-corrected chi connectivity index (χ1v) is 7.91. The van der Waals surface area contributed by atoms with Gasteiger partial charge in [-0.1, -0.05) is 26.0 Å². The van der Waals surface area contributed by atoms with E-state index < -0.39 is 0 Å². The summed E-state index contributed by atoms with van der Waals surface area (Å²) >= 11 is 1.96. The predicted octanol–water partition coefficient (Wildman–Crippen LogP) is 4.32. The highest BCUT2D eigenvalue weighted by molar-refractivity contribution is 7.99. The molecule has 0 fully saturated rings. The lowest BCUT2D eigenvalue weighted by Gasteiger charge is -2.19. The Kier molecular flexibility index (Phi) is 7.36. The van der Waals surface area contributed by atoms with E-state index in [1.807, 2.05) is 30.8 Å². The topological polar surface area (TPSA) is 12.0 Å². The molecule has 0 heterocycles. The molecule has 0 spiro atoms. The Morgan fingerprint density at radius 1 is 1.28 bits per heavy atom. The smallest absolute Gasteiger partial charge is 0.126 e. The normalized spacial score (nSPS) is 12.7. The van der Waals surface area contributed by atoms with Crippen LogP contribution in [0.1, 0.15) is 43.9 Å². The van der Waals surface area contributed by atoms with Crippen LogP contribution < -0.4 is 5.32 Å². The van der Waals surface area contributed by atoms with Crippen molar-refractivity contribution in [1.82, 2.24) is 5.32 Å². The molecule has 102 valence electrons. The SMILES string of the molecule is CCCNC(CSCCC)c1ccc(F)c(C)c1. The van der Waals surface area contributed by atoms with Gasteiger partial charge in [-0.3, -0.25) is 0 Å². The molecule has 0 bridgehead atoms. The van der Waals surface area contributed by atoms with Crippen LogP contribution in [-0.2, 0) is 0 Å². The molecule has 0 aliphatic carbocycles. The first-order valence-electron chi connectivity index (χ1n) is 6.76. The van der Waals surface area contributed by atoms with Gasteiger partial charge in [0.05, 0.1) is 0 Å². The molecular weight excluding hydrogens is 245 g/mol. The zero-order chi connectivity index (χ0) is 13.4. The number of hydrogen-bond donors (Lipinski definition) is 1. The third-order valence-corrected chi connectivity index (χ3v) is 4.12. The van der Waals surface area contributed by atoms with Crippen LogP contribution in [0.2, 0.25) is 0 Å². The Morgan fingerprint density at radius 2 is 2.06 bits per heavy atom. The third-order valence-electron chi connectivity index (χ3n) is 2.86.